The van der Waals surface area contributed by atoms with Gasteiger partial charge in [0.15, 0.2) is 0 Å². The maximum absolute atomic E-state index is 10.0. The third kappa shape index (κ3) is 3.44. The Morgan fingerprint density at radius 2 is 2.12 bits per heavy atom. The average Bonchev–Trinajstić information content (AvgIpc) is 2.57. The van der Waals surface area contributed by atoms with Crippen LogP contribution >= 0.6 is 11.6 Å². The smallest absolute Gasteiger partial charge is 0.0854 e. The molecule has 1 aromatic heterocycles. The maximum Gasteiger partial charge on any atom is 0.0854 e. The molecule has 1 N–H and O–H groups in total. The first kappa shape index (κ1) is 14.5. The summed E-state index contributed by atoms with van der Waals surface area (Å²) in [6.45, 7) is 9.00. The van der Waals surface area contributed by atoms with Gasteiger partial charge in [-0.25, -0.2) is 0 Å². The first-order valence-corrected chi connectivity index (χ1v) is 6.40. The van der Waals surface area contributed by atoms with E-state index in [4.69, 9.17) is 16.3 Å². The van der Waals surface area contributed by atoms with E-state index in [1.54, 1.807) is 0 Å². The number of aliphatic hydroxyl groups excluding tert-OH is 1. The highest BCUT2D eigenvalue weighted by Gasteiger charge is 2.20. The van der Waals surface area contributed by atoms with Gasteiger partial charge in [-0.3, -0.25) is 4.68 Å². The summed E-state index contributed by atoms with van der Waals surface area (Å²) >= 11 is 6.18. The number of ether oxygens (including phenoxy) is 1. The first-order chi connectivity index (χ1) is 8.01. The van der Waals surface area contributed by atoms with E-state index in [0.29, 0.717) is 18.1 Å². The van der Waals surface area contributed by atoms with Crippen molar-refractivity contribution < 1.29 is 9.84 Å². The van der Waals surface area contributed by atoms with Crippen LogP contribution in [-0.2, 0) is 17.7 Å². The summed E-state index contributed by atoms with van der Waals surface area (Å²) in [6, 6.07) is 0. The van der Waals surface area contributed by atoms with Crippen LogP contribution in [0, 0.1) is 6.92 Å². The van der Waals surface area contributed by atoms with Gasteiger partial charge in [-0.05, 0) is 27.7 Å². The van der Waals surface area contributed by atoms with E-state index in [9.17, 15) is 5.11 Å². The van der Waals surface area contributed by atoms with Crippen LogP contribution in [0.4, 0.5) is 0 Å². The second-order valence-electron chi connectivity index (χ2n) is 4.09. The fraction of sp³-hybridized carbons (Fsp3) is 0.750. The van der Waals surface area contributed by atoms with Crippen molar-refractivity contribution in [1.82, 2.24) is 9.78 Å². The Labute approximate surface area is 108 Å². The lowest BCUT2D eigenvalue weighted by atomic mass is 10.1. The third-order valence-electron chi connectivity index (χ3n) is 2.83. The van der Waals surface area contributed by atoms with Crippen molar-refractivity contribution in [2.75, 3.05) is 6.61 Å². The van der Waals surface area contributed by atoms with E-state index in [-0.39, 0.29) is 6.10 Å². The Kier molecular flexibility index (Phi) is 5.43. The zero-order valence-electron chi connectivity index (χ0n) is 10.9. The van der Waals surface area contributed by atoms with Gasteiger partial charge in [0.1, 0.15) is 0 Å². The van der Waals surface area contributed by atoms with Crippen molar-refractivity contribution in [3.05, 3.63) is 16.4 Å². The molecule has 1 heterocycles. The third-order valence-corrected chi connectivity index (χ3v) is 3.32. The van der Waals surface area contributed by atoms with E-state index >= 15 is 0 Å². The Hall–Kier alpha value is -0.580. The van der Waals surface area contributed by atoms with Gasteiger partial charge in [-0.15, -0.1) is 0 Å². The highest BCUT2D eigenvalue weighted by atomic mass is 35.5. The molecule has 0 radical (unpaired) electrons. The van der Waals surface area contributed by atoms with Crippen LogP contribution in [0.15, 0.2) is 0 Å². The lowest BCUT2D eigenvalue weighted by Gasteiger charge is -2.19. The number of hydrogen-bond acceptors (Lipinski definition) is 3. The summed E-state index contributed by atoms with van der Waals surface area (Å²) < 4.78 is 7.21. The van der Waals surface area contributed by atoms with E-state index in [1.807, 2.05) is 32.4 Å². The highest BCUT2D eigenvalue weighted by molar-refractivity contribution is 6.31. The molecule has 0 saturated heterocycles. The molecule has 98 valence electrons. The maximum atomic E-state index is 10.0. The Morgan fingerprint density at radius 1 is 1.47 bits per heavy atom. The molecule has 0 aliphatic rings. The molecule has 0 spiro atoms. The van der Waals surface area contributed by atoms with Crippen LogP contribution < -0.4 is 0 Å². The monoisotopic (exact) mass is 260 g/mol. The molecule has 2 atom stereocenters. The topological polar surface area (TPSA) is 47.3 Å². The first-order valence-electron chi connectivity index (χ1n) is 6.02. The van der Waals surface area contributed by atoms with Gasteiger partial charge in [0, 0.05) is 19.6 Å². The van der Waals surface area contributed by atoms with Crippen molar-refractivity contribution in [1.29, 1.82) is 0 Å². The minimum Gasteiger partial charge on any atom is -0.390 e. The second-order valence-corrected chi connectivity index (χ2v) is 4.47. The van der Waals surface area contributed by atoms with E-state index in [0.717, 1.165) is 17.9 Å². The molecule has 0 aromatic carbocycles. The Balaban J connectivity index is 2.80. The van der Waals surface area contributed by atoms with Crippen LogP contribution in [0.1, 0.15) is 32.2 Å². The van der Waals surface area contributed by atoms with Crippen LogP contribution in [-0.4, -0.2) is 33.7 Å². The van der Waals surface area contributed by atoms with Gasteiger partial charge >= 0.3 is 0 Å². The molecule has 0 saturated carbocycles. The normalized spacial score (nSPS) is 14.9. The Bertz CT molecular complexity index is 366. The minimum atomic E-state index is -0.561. The lowest BCUT2D eigenvalue weighted by molar-refractivity contribution is -0.0215. The molecule has 2 unspecified atom stereocenters. The van der Waals surface area contributed by atoms with Gasteiger partial charge in [-0.2, -0.15) is 5.10 Å². The Morgan fingerprint density at radius 3 is 2.65 bits per heavy atom. The summed E-state index contributed by atoms with van der Waals surface area (Å²) in [5, 5.41) is 15.0. The summed E-state index contributed by atoms with van der Waals surface area (Å²) in [4.78, 5) is 0. The number of nitrogens with zero attached hydrogens (tertiary/aromatic N) is 2. The number of hydrogen-bond donors (Lipinski definition) is 1. The van der Waals surface area contributed by atoms with Gasteiger partial charge in [0.05, 0.1) is 28.6 Å². The van der Waals surface area contributed by atoms with Crippen molar-refractivity contribution >= 4 is 11.6 Å². The molecule has 1 aromatic rings. The molecule has 4 nitrogen and oxygen atoms in total. The minimum absolute atomic E-state index is 0.198. The van der Waals surface area contributed by atoms with Gasteiger partial charge in [0.2, 0.25) is 0 Å². The van der Waals surface area contributed by atoms with Crippen molar-refractivity contribution in [3.8, 4) is 0 Å². The molecule has 17 heavy (non-hydrogen) atoms. The highest BCUT2D eigenvalue weighted by Crippen LogP contribution is 2.22. The molecule has 1 rings (SSSR count). The molecule has 0 amide bonds. The van der Waals surface area contributed by atoms with Crippen LogP contribution in [0.25, 0.3) is 0 Å². The largest absolute Gasteiger partial charge is 0.390 e. The van der Waals surface area contributed by atoms with Gasteiger partial charge < -0.3 is 9.84 Å². The van der Waals surface area contributed by atoms with Crippen LogP contribution in [0.5, 0.6) is 0 Å². The van der Waals surface area contributed by atoms with Crippen molar-refractivity contribution in [2.24, 2.45) is 0 Å². The van der Waals surface area contributed by atoms with E-state index < -0.39 is 6.10 Å². The fourth-order valence-electron chi connectivity index (χ4n) is 1.80. The quantitative estimate of drug-likeness (QED) is 0.853. The summed E-state index contributed by atoms with van der Waals surface area (Å²) in [5.41, 5.74) is 1.69. The standard InChI is InChI=1S/C12H21ClN2O2/c1-5-15-10(12(13)8(3)14-15)7-11(16)9(4)17-6-2/h9,11,16H,5-7H2,1-4H3. The molecule has 0 fully saturated rings. The number of aryl methyl sites for hydroxylation is 2. The summed E-state index contributed by atoms with van der Waals surface area (Å²) in [5.74, 6) is 0. The predicted octanol–water partition coefficient (Wildman–Crippen LogP) is 2.19. The summed E-state index contributed by atoms with van der Waals surface area (Å²) in [6.07, 6.45) is -0.292. The molecular formula is C12H21ClN2O2. The second kappa shape index (κ2) is 6.38. The molecule has 0 aliphatic heterocycles. The van der Waals surface area contributed by atoms with Crippen molar-refractivity contribution in [2.45, 2.75) is 52.9 Å². The number of aliphatic hydroxyl groups is 1. The zero-order chi connectivity index (χ0) is 13.0. The molecule has 5 heteroatoms. The number of halogens is 1. The molecule has 0 aliphatic carbocycles. The van der Waals surface area contributed by atoms with E-state index in [2.05, 4.69) is 5.10 Å². The summed E-state index contributed by atoms with van der Waals surface area (Å²) in [7, 11) is 0. The lowest BCUT2D eigenvalue weighted by Crippen LogP contribution is -2.29. The average molecular weight is 261 g/mol. The van der Waals surface area contributed by atoms with Gasteiger partial charge in [-0.1, -0.05) is 11.6 Å². The van der Waals surface area contributed by atoms with Crippen LogP contribution in [0.3, 0.4) is 0 Å². The zero-order valence-corrected chi connectivity index (χ0v) is 11.7. The van der Waals surface area contributed by atoms with E-state index in [1.165, 1.54) is 0 Å². The van der Waals surface area contributed by atoms with Crippen molar-refractivity contribution in [3.63, 3.8) is 0 Å². The van der Waals surface area contributed by atoms with Crippen LogP contribution in [0.2, 0.25) is 5.02 Å². The fourth-order valence-corrected chi connectivity index (χ4v) is 2.01. The predicted molar refractivity (Wildman–Crippen MR) is 68.4 cm³/mol. The SMILES string of the molecule is CCOC(C)C(O)Cc1c(Cl)c(C)nn1CC. The molecular weight excluding hydrogens is 240 g/mol. The van der Waals surface area contributed by atoms with Gasteiger partial charge in [0.25, 0.3) is 0 Å². The molecule has 0 bridgehead atoms. The number of rotatable bonds is 6. The number of aromatic nitrogens is 2.